The van der Waals surface area contributed by atoms with E-state index < -0.39 is 15.2 Å². The van der Waals surface area contributed by atoms with Crippen LogP contribution in [0.15, 0.2) is 72.8 Å². The van der Waals surface area contributed by atoms with E-state index in [0.717, 1.165) is 61.3 Å². The van der Waals surface area contributed by atoms with Crippen LogP contribution in [0.3, 0.4) is 0 Å². The Morgan fingerprint density at radius 3 is 0.889 bits per heavy atom. The molecule has 0 N–H and O–H groups in total. The van der Waals surface area contributed by atoms with Crippen molar-refractivity contribution in [3.05, 3.63) is 162 Å². The summed E-state index contributed by atoms with van der Waals surface area (Å²) in [5.74, 6) is 1.96. The topological polar surface area (TPSA) is 98.7 Å². The second-order valence-electron chi connectivity index (χ2n) is 16.9. The number of hydrogen-bond acceptors (Lipinski definition) is 6. The second kappa shape index (κ2) is 11.0. The van der Waals surface area contributed by atoms with Gasteiger partial charge in [-0.3, -0.25) is 9.13 Å². The molecule has 0 aromatic heterocycles. The minimum absolute atomic E-state index is 0. The van der Waals surface area contributed by atoms with E-state index in [2.05, 4.69) is 72.8 Å². The van der Waals surface area contributed by atoms with E-state index in [1.807, 2.05) is 0 Å². The van der Waals surface area contributed by atoms with Crippen molar-refractivity contribution in [2.75, 3.05) is 13.3 Å². The van der Waals surface area contributed by atoms with Gasteiger partial charge in [-0.05, 0) is 92.4 Å². The van der Waals surface area contributed by atoms with Gasteiger partial charge in [-0.2, -0.15) is 0 Å². The van der Waals surface area contributed by atoms with Gasteiger partial charge in [0.25, 0.3) is 0 Å². The van der Waals surface area contributed by atoms with E-state index in [1.54, 1.807) is 0 Å². The van der Waals surface area contributed by atoms with Gasteiger partial charge >= 0.3 is 37.7 Å². The van der Waals surface area contributed by atoms with E-state index in [9.17, 15) is 18.9 Å². The summed E-state index contributed by atoms with van der Waals surface area (Å²) in [6.45, 7) is 2.30. The van der Waals surface area contributed by atoms with Crippen molar-refractivity contribution in [3.8, 4) is 11.5 Å². The van der Waals surface area contributed by atoms with Gasteiger partial charge in [0.2, 0.25) is 0 Å². The summed E-state index contributed by atoms with van der Waals surface area (Å²) in [5.41, 5.74) is 19.4. The van der Waals surface area contributed by atoms with Crippen molar-refractivity contribution in [2.24, 2.45) is 0 Å². The van der Waals surface area contributed by atoms with Crippen LogP contribution in [-0.2, 0) is 9.13 Å². The van der Waals surface area contributed by atoms with Crippen LogP contribution in [0.2, 0.25) is 0 Å². The number of rotatable bonds is 4. The van der Waals surface area contributed by atoms with Gasteiger partial charge in [-0.25, -0.2) is 0 Å². The summed E-state index contributed by atoms with van der Waals surface area (Å²) in [5, 5.41) is 0. The van der Waals surface area contributed by atoms with Gasteiger partial charge < -0.3 is 18.8 Å². The molecule has 5 aromatic carbocycles. The summed E-state index contributed by atoms with van der Waals surface area (Å²) >= 11 is 0. The molecule has 8 bridgehead atoms. The first-order valence-electron chi connectivity index (χ1n) is 18.7. The zero-order chi connectivity index (χ0) is 34.7. The third-order valence-corrected chi connectivity index (χ3v) is 15.5. The number of fused-ring (bicyclic) bond motifs is 32. The number of hydrogen-bond donors (Lipinski definition) is 0. The molecule has 0 fully saturated rings. The van der Waals surface area contributed by atoms with Gasteiger partial charge in [0.15, 0.2) is 15.2 Å². The molecule has 10 heteroatoms. The van der Waals surface area contributed by atoms with Crippen LogP contribution in [-0.4, -0.2) is 13.3 Å². The molecule has 13 rings (SSSR count). The van der Waals surface area contributed by atoms with E-state index in [0.29, 0.717) is 35.2 Å². The molecule has 0 amide bonds. The summed E-state index contributed by atoms with van der Waals surface area (Å²) in [7, 11) is -8.49. The van der Waals surface area contributed by atoms with Crippen molar-refractivity contribution < 1.29 is 65.7 Å². The van der Waals surface area contributed by atoms with Gasteiger partial charge in [-0.1, -0.05) is 72.8 Å². The molecule has 2 unspecified atom stereocenters. The van der Waals surface area contributed by atoms with Crippen LogP contribution in [0.1, 0.15) is 162 Å². The van der Waals surface area contributed by atoms with Crippen LogP contribution < -0.4 is 56.6 Å². The predicted octanol–water partition coefficient (Wildman–Crippen LogP) is 2.74. The zero-order valence-corrected chi connectivity index (χ0v) is 32.5. The van der Waals surface area contributed by atoms with Crippen LogP contribution in [0.25, 0.3) is 0 Å². The third kappa shape index (κ3) is 4.20. The largest absolute Gasteiger partial charge is 1.00 e. The SMILES string of the molecule is CP(=O)([O-])Oc1c2c(c(OP(C)(=O)[O-])c3c1[C@H]1C[C@@H]3c3cc4c(cc31)[C@H]1C[C@@H]4c3ccccc31)[C@H]1C[C@@H]2c2cc3c(cc21)[C@H]1C[C@@H]3c2ccccc21.[Li+].[Li+]. The summed E-state index contributed by atoms with van der Waals surface area (Å²) in [4.78, 5) is 26.4. The summed E-state index contributed by atoms with van der Waals surface area (Å²) in [6, 6.07) is 27.2. The van der Waals surface area contributed by atoms with E-state index in [1.165, 1.54) is 66.8 Å². The molecule has 0 saturated heterocycles. The monoisotopic (exact) mass is 734 g/mol. The minimum Gasteiger partial charge on any atom is -0.769 e. The molecule has 0 aliphatic heterocycles. The first-order valence-corrected chi connectivity index (χ1v) is 22.7. The quantitative estimate of drug-likeness (QED) is 0.208. The molecule has 5 aromatic rings. The molecule has 258 valence electrons. The Bertz CT molecular complexity index is 2350. The first-order chi connectivity index (χ1) is 25.0. The van der Waals surface area contributed by atoms with Crippen LogP contribution in [0, 0.1) is 0 Å². The van der Waals surface area contributed by atoms with Crippen LogP contribution in [0.5, 0.6) is 11.5 Å². The Balaban J connectivity index is 0.00000171. The molecular weight excluding hydrogens is 700 g/mol. The Kier molecular flexibility index (Phi) is 7.04. The molecule has 10 atom stereocenters. The van der Waals surface area contributed by atoms with E-state index in [4.69, 9.17) is 9.05 Å². The molecule has 8 aliphatic carbocycles. The van der Waals surface area contributed by atoms with Crippen molar-refractivity contribution in [1.82, 2.24) is 0 Å². The maximum absolute atomic E-state index is 13.2. The maximum Gasteiger partial charge on any atom is 1.00 e. The van der Waals surface area contributed by atoms with Gasteiger partial charge in [0.05, 0.1) is 0 Å². The van der Waals surface area contributed by atoms with Crippen LogP contribution >= 0.6 is 15.2 Å². The average Bonchev–Trinajstić information content (AvgIpc) is 3.98. The Hall–Kier alpha value is -2.73. The molecule has 0 saturated carbocycles. The summed E-state index contributed by atoms with van der Waals surface area (Å²) < 4.78 is 38.8. The molecule has 0 spiro atoms. The first kappa shape index (κ1) is 34.5. The Labute approximate surface area is 338 Å². The van der Waals surface area contributed by atoms with Gasteiger partial charge in [0.1, 0.15) is 11.5 Å². The molecule has 8 aliphatic rings. The predicted molar refractivity (Wildman–Crippen MR) is 194 cm³/mol. The second-order valence-corrected chi connectivity index (χ2v) is 20.3. The zero-order valence-electron chi connectivity index (χ0n) is 30.7. The van der Waals surface area contributed by atoms with E-state index in [-0.39, 0.29) is 61.4 Å². The molecule has 54 heavy (non-hydrogen) atoms. The Morgan fingerprint density at radius 2 is 0.648 bits per heavy atom. The fourth-order valence-corrected chi connectivity index (χ4v) is 14.0. The third-order valence-electron chi connectivity index (χ3n) is 14.4. The minimum atomic E-state index is -4.25. The van der Waals surface area contributed by atoms with Crippen molar-refractivity contribution in [1.29, 1.82) is 0 Å². The molecular formula is C44H34Li2O6P2. The number of benzene rings is 5. The fourth-order valence-electron chi connectivity index (χ4n) is 13.0. The normalized spacial score (nSPS) is 29.7. The smallest absolute Gasteiger partial charge is 0.769 e. The Morgan fingerprint density at radius 1 is 0.426 bits per heavy atom. The molecule has 0 radical (unpaired) electrons. The van der Waals surface area contributed by atoms with Gasteiger partial charge in [0, 0.05) is 82.9 Å². The van der Waals surface area contributed by atoms with Crippen molar-refractivity contribution in [2.45, 2.75) is 73.0 Å². The average molecular weight is 735 g/mol. The van der Waals surface area contributed by atoms with Crippen molar-refractivity contribution in [3.63, 3.8) is 0 Å². The fraction of sp³-hybridized carbons (Fsp3) is 0.318. The van der Waals surface area contributed by atoms with Gasteiger partial charge in [-0.15, -0.1) is 0 Å². The molecule has 0 heterocycles. The maximum atomic E-state index is 13.2. The van der Waals surface area contributed by atoms with Crippen molar-refractivity contribution >= 4 is 15.2 Å². The van der Waals surface area contributed by atoms with Crippen LogP contribution in [0.4, 0.5) is 0 Å². The van der Waals surface area contributed by atoms with E-state index >= 15 is 0 Å². The standard InChI is InChI=1S/C44H36O6P2.2Li/c1-51(45,46)49-43-39-35-17-37(33-15-29-25-11-23(27(29)13-31(33)35)19-7-3-5-9-21(19)25)41(39)44(50-52(2,47)48)42-38-18-36(40(42)43)32-14-28-24-12-26(30(28)16-34(32)38)22-10-6-4-8-20(22)24;;/h3-10,13-16,23-26,35-38H,11-12,17-18H2,1-2H3,(H,45,46)(H,47,48);;/q;2*+1/p-2/t23-,24+,25+,26-,35-,36+,37+,38-;;. The molecule has 6 nitrogen and oxygen atoms in total. The summed E-state index contributed by atoms with van der Waals surface area (Å²) in [6.07, 6.45) is 3.67.